The van der Waals surface area contributed by atoms with Crippen molar-refractivity contribution in [1.29, 1.82) is 0 Å². The van der Waals surface area contributed by atoms with E-state index in [-0.39, 0.29) is 27.8 Å². The molecule has 0 radical (unpaired) electrons. The minimum atomic E-state index is -1.00. The Kier molecular flexibility index (Phi) is 5.37. The van der Waals surface area contributed by atoms with E-state index in [1.807, 2.05) is 11.9 Å². The fourth-order valence-corrected chi connectivity index (χ4v) is 4.45. The van der Waals surface area contributed by atoms with Gasteiger partial charge in [0.2, 0.25) is 0 Å². The van der Waals surface area contributed by atoms with Gasteiger partial charge in [-0.1, -0.05) is 11.6 Å². The average molecular weight is 478 g/mol. The van der Waals surface area contributed by atoms with Crippen molar-refractivity contribution in [3.05, 3.63) is 82.6 Å². The number of nitrogens with zero attached hydrogens (tertiary/aromatic N) is 3. The van der Waals surface area contributed by atoms with Crippen molar-refractivity contribution in [1.82, 2.24) is 4.98 Å². The monoisotopic (exact) mass is 477 g/mol. The lowest BCUT2D eigenvalue weighted by Crippen LogP contribution is -2.29. The van der Waals surface area contributed by atoms with Gasteiger partial charge in [-0.2, -0.15) is 0 Å². The standard InChI is InChI=1S/C25H20ClN3O5/c1-28-10-11-34-20-5-2-15(12-18(20)28)23(31)21-22(14-6-8-27-9-7-14)29(25(33)24(21)32)17-13-16(26)3-4-19(17)30/h2-9,12-13,22,30-31H,10-11H2,1H3/b23-21-. The average Bonchev–Trinajstić information content (AvgIpc) is 3.11. The number of phenolic OH excluding ortho intramolecular Hbond substituents is 1. The number of phenols is 1. The largest absolute Gasteiger partial charge is 0.507 e. The van der Waals surface area contributed by atoms with Crippen molar-refractivity contribution in [3.8, 4) is 11.5 Å². The Labute approximate surface area is 200 Å². The van der Waals surface area contributed by atoms with Gasteiger partial charge in [-0.05, 0) is 54.1 Å². The molecule has 0 bridgehead atoms. The molecule has 0 spiro atoms. The van der Waals surface area contributed by atoms with Crippen molar-refractivity contribution in [3.63, 3.8) is 0 Å². The highest BCUT2D eigenvalue weighted by Gasteiger charge is 2.47. The second kappa shape index (κ2) is 8.39. The third-order valence-electron chi connectivity index (χ3n) is 5.99. The molecule has 1 atom stereocenters. The number of amides is 1. The molecule has 1 unspecified atom stereocenters. The predicted molar refractivity (Wildman–Crippen MR) is 127 cm³/mol. The van der Waals surface area contributed by atoms with Gasteiger partial charge >= 0.3 is 0 Å². The highest BCUT2D eigenvalue weighted by atomic mass is 35.5. The summed E-state index contributed by atoms with van der Waals surface area (Å²) in [5.74, 6) is -1.65. The topological polar surface area (TPSA) is 103 Å². The number of anilines is 2. The second-order valence-corrected chi connectivity index (χ2v) is 8.47. The molecule has 8 nitrogen and oxygen atoms in total. The molecule has 1 amide bonds. The van der Waals surface area contributed by atoms with Gasteiger partial charge in [-0.3, -0.25) is 19.5 Å². The van der Waals surface area contributed by atoms with E-state index < -0.39 is 17.7 Å². The Morgan fingerprint density at radius 1 is 1.09 bits per heavy atom. The molecule has 1 fully saturated rings. The first-order chi connectivity index (χ1) is 16.4. The molecular formula is C25H20ClN3O5. The molecule has 5 rings (SSSR count). The maximum absolute atomic E-state index is 13.3. The minimum absolute atomic E-state index is 0.0639. The Morgan fingerprint density at radius 2 is 1.85 bits per heavy atom. The van der Waals surface area contributed by atoms with Crippen LogP contribution < -0.4 is 14.5 Å². The first kappa shape index (κ1) is 21.8. The molecule has 34 heavy (non-hydrogen) atoms. The van der Waals surface area contributed by atoms with Crippen molar-refractivity contribution < 1.29 is 24.5 Å². The van der Waals surface area contributed by atoms with Crippen molar-refractivity contribution in [2.24, 2.45) is 0 Å². The van der Waals surface area contributed by atoms with E-state index >= 15 is 0 Å². The van der Waals surface area contributed by atoms with Gasteiger partial charge in [0.15, 0.2) is 0 Å². The number of hydrogen-bond donors (Lipinski definition) is 2. The van der Waals surface area contributed by atoms with Crippen molar-refractivity contribution in [2.45, 2.75) is 6.04 Å². The number of aromatic nitrogens is 1. The minimum Gasteiger partial charge on any atom is -0.507 e. The lowest BCUT2D eigenvalue weighted by Gasteiger charge is -2.28. The number of ether oxygens (including phenoxy) is 1. The summed E-state index contributed by atoms with van der Waals surface area (Å²) >= 11 is 6.13. The number of aromatic hydroxyl groups is 1. The van der Waals surface area contributed by atoms with Crippen LogP contribution >= 0.6 is 11.6 Å². The SMILES string of the molecule is CN1CCOc2ccc(/C(O)=C3/C(=O)C(=O)N(c4cc(Cl)ccc4O)C3c3ccncc3)cc21. The van der Waals surface area contributed by atoms with Gasteiger partial charge in [0.1, 0.15) is 23.9 Å². The van der Waals surface area contributed by atoms with E-state index in [0.717, 1.165) is 10.6 Å². The summed E-state index contributed by atoms with van der Waals surface area (Å²) in [5.41, 5.74) is 1.62. The molecule has 2 aromatic carbocycles. The molecule has 2 aliphatic rings. The summed E-state index contributed by atoms with van der Waals surface area (Å²) in [6, 6.07) is 11.6. The Hall–Kier alpha value is -4.04. The fourth-order valence-electron chi connectivity index (χ4n) is 4.29. The molecule has 1 saturated heterocycles. The highest BCUT2D eigenvalue weighted by molar-refractivity contribution is 6.52. The van der Waals surface area contributed by atoms with Gasteiger partial charge in [-0.15, -0.1) is 0 Å². The number of hydrogen-bond acceptors (Lipinski definition) is 7. The van der Waals surface area contributed by atoms with Crippen LogP contribution in [0.2, 0.25) is 5.02 Å². The Balaban J connectivity index is 1.72. The summed E-state index contributed by atoms with van der Waals surface area (Å²) in [4.78, 5) is 33.6. The molecule has 9 heteroatoms. The number of carbonyl (C=O) groups excluding carboxylic acids is 2. The Morgan fingerprint density at radius 3 is 2.62 bits per heavy atom. The van der Waals surface area contributed by atoms with Crippen LogP contribution in [-0.4, -0.2) is 47.1 Å². The van der Waals surface area contributed by atoms with Crippen LogP contribution in [-0.2, 0) is 9.59 Å². The smallest absolute Gasteiger partial charge is 0.300 e. The number of fused-ring (bicyclic) bond motifs is 1. The number of aliphatic hydroxyl groups excluding tert-OH is 1. The van der Waals surface area contributed by atoms with Crippen LogP contribution in [0.25, 0.3) is 5.76 Å². The predicted octanol–water partition coefficient (Wildman–Crippen LogP) is 3.90. The van der Waals surface area contributed by atoms with Crippen LogP contribution in [0.1, 0.15) is 17.2 Å². The van der Waals surface area contributed by atoms with Crippen LogP contribution in [0.15, 0.2) is 66.5 Å². The number of aliphatic hydroxyl groups is 1. The zero-order chi connectivity index (χ0) is 24.0. The van der Waals surface area contributed by atoms with Gasteiger partial charge in [0, 0.05) is 30.0 Å². The molecular weight excluding hydrogens is 458 g/mol. The molecule has 2 aliphatic heterocycles. The molecule has 2 N–H and O–H groups in total. The van der Waals surface area contributed by atoms with E-state index in [9.17, 15) is 19.8 Å². The van der Waals surface area contributed by atoms with Crippen molar-refractivity contribution in [2.75, 3.05) is 30.0 Å². The first-order valence-corrected chi connectivity index (χ1v) is 10.9. The van der Waals surface area contributed by atoms with Crippen LogP contribution in [0.5, 0.6) is 11.5 Å². The molecule has 3 heterocycles. The van der Waals surface area contributed by atoms with E-state index in [2.05, 4.69) is 4.98 Å². The maximum Gasteiger partial charge on any atom is 0.300 e. The maximum atomic E-state index is 13.3. The summed E-state index contributed by atoms with van der Waals surface area (Å²) < 4.78 is 5.67. The van der Waals surface area contributed by atoms with Crippen LogP contribution in [0.4, 0.5) is 11.4 Å². The van der Waals surface area contributed by atoms with E-state index in [1.165, 1.54) is 30.6 Å². The Bertz CT molecular complexity index is 1340. The van der Waals surface area contributed by atoms with E-state index in [0.29, 0.717) is 30.0 Å². The number of benzene rings is 2. The zero-order valence-corrected chi connectivity index (χ0v) is 18.9. The lowest BCUT2D eigenvalue weighted by molar-refractivity contribution is -0.132. The number of pyridine rings is 1. The van der Waals surface area contributed by atoms with Crippen molar-refractivity contribution >= 4 is 40.4 Å². The van der Waals surface area contributed by atoms with E-state index in [1.54, 1.807) is 30.3 Å². The summed E-state index contributed by atoms with van der Waals surface area (Å²) in [5, 5.41) is 22.1. The summed E-state index contributed by atoms with van der Waals surface area (Å²) in [7, 11) is 1.91. The summed E-state index contributed by atoms with van der Waals surface area (Å²) in [6.45, 7) is 1.22. The highest BCUT2D eigenvalue weighted by Crippen LogP contribution is 2.45. The van der Waals surface area contributed by atoms with Crippen LogP contribution in [0, 0.1) is 0 Å². The van der Waals surface area contributed by atoms with Gasteiger partial charge in [0.25, 0.3) is 11.7 Å². The lowest BCUT2D eigenvalue weighted by atomic mass is 9.95. The van der Waals surface area contributed by atoms with E-state index in [4.69, 9.17) is 16.3 Å². The number of likely N-dealkylation sites (N-methyl/N-ethyl adjacent to an activating group) is 1. The molecule has 0 saturated carbocycles. The second-order valence-electron chi connectivity index (χ2n) is 8.04. The molecule has 1 aromatic heterocycles. The fraction of sp³-hybridized carbons (Fsp3) is 0.160. The molecule has 3 aromatic rings. The normalized spacial score (nSPS) is 19.2. The van der Waals surface area contributed by atoms with Gasteiger partial charge < -0.3 is 19.8 Å². The number of halogens is 1. The molecule has 172 valence electrons. The van der Waals surface area contributed by atoms with Gasteiger partial charge in [-0.25, -0.2) is 0 Å². The summed E-state index contributed by atoms with van der Waals surface area (Å²) in [6.07, 6.45) is 3.05. The molecule has 0 aliphatic carbocycles. The quantitative estimate of drug-likeness (QED) is 0.335. The number of carbonyl (C=O) groups is 2. The third kappa shape index (κ3) is 3.52. The number of ketones is 1. The zero-order valence-electron chi connectivity index (χ0n) is 18.1. The van der Waals surface area contributed by atoms with Crippen LogP contribution in [0.3, 0.4) is 0 Å². The number of Topliss-reactive ketones (excluding diaryl/α,β-unsaturated/α-hetero) is 1. The third-order valence-corrected chi connectivity index (χ3v) is 6.23. The number of rotatable bonds is 3. The first-order valence-electron chi connectivity index (χ1n) is 10.5. The van der Waals surface area contributed by atoms with Gasteiger partial charge in [0.05, 0.1) is 29.5 Å².